The van der Waals surface area contributed by atoms with Crippen molar-refractivity contribution >= 4 is 0 Å². The third-order valence-electron chi connectivity index (χ3n) is 1.79. The summed E-state index contributed by atoms with van der Waals surface area (Å²) in [6.45, 7) is 1.36. The molecule has 0 aromatic carbocycles. The van der Waals surface area contributed by atoms with Crippen LogP contribution in [0, 0.1) is 0 Å². The highest BCUT2D eigenvalue weighted by atomic mass is 19.3. The first-order chi connectivity index (χ1) is 5.62. The first-order valence-electron chi connectivity index (χ1n) is 4.56. The Morgan fingerprint density at radius 1 is 1.00 bits per heavy atom. The number of hydrogen-bond donors (Lipinski definition) is 0. The second-order valence-electron chi connectivity index (χ2n) is 3.11. The zero-order chi connectivity index (χ0) is 9.45. The van der Waals surface area contributed by atoms with Crippen LogP contribution >= 0.6 is 0 Å². The van der Waals surface area contributed by atoms with Crippen LogP contribution in [-0.4, -0.2) is 12.6 Å². The van der Waals surface area contributed by atoms with E-state index in [1.807, 2.05) is 0 Å². The van der Waals surface area contributed by atoms with Gasteiger partial charge in [0.05, 0.1) is 6.67 Å². The van der Waals surface area contributed by atoms with E-state index in [2.05, 4.69) is 0 Å². The average molecular weight is 182 g/mol. The minimum atomic E-state index is -2.52. The van der Waals surface area contributed by atoms with Crippen molar-refractivity contribution in [1.82, 2.24) is 0 Å². The van der Waals surface area contributed by atoms with Crippen LogP contribution in [0.15, 0.2) is 0 Å². The van der Waals surface area contributed by atoms with Gasteiger partial charge >= 0.3 is 0 Å². The SMILES string of the molecule is CCCC(F)(F)CCCCCF. The van der Waals surface area contributed by atoms with E-state index in [1.165, 1.54) is 0 Å². The van der Waals surface area contributed by atoms with Crippen molar-refractivity contribution in [3.05, 3.63) is 0 Å². The monoisotopic (exact) mass is 182 g/mol. The molecule has 0 aliphatic heterocycles. The largest absolute Gasteiger partial charge is 0.251 e. The maximum atomic E-state index is 12.8. The predicted molar refractivity (Wildman–Crippen MR) is 44.3 cm³/mol. The fourth-order valence-corrected chi connectivity index (χ4v) is 1.15. The molecule has 0 fully saturated rings. The molecule has 74 valence electrons. The zero-order valence-electron chi connectivity index (χ0n) is 7.58. The molecule has 0 saturated carbocycles. The molecule has 0 radical (unpaired) electrons. The van der Waals surface area contributed by atoms with Gasteiger partial charge < -0.3 is 0 Å². The molecule has 0 aliphatic carbocycles. The Labute approximate surface area is 72.2 Å². The third-order valence-corrected chi connectivity index (χ3v) is 1.79. The van der Waals surface area contributed by atoms with Crippen molar-refractivity contribution in [2.75, 3.05) is 6.67 Å². The predicted octanol–water partition coefficient (Wildman–Crippen LogP) is 3.95. The lowest BCUT2D eigenvalue weighted by Gasteiger charge is -2.14. The summed E-state index contributed by atoms with van der Waals surface area (Å²) in [4.78, 5) is 0. The zero-order valence-corrected chi connectivity index (χ0v) is 7.58. The second kappa shape index (κ2) is 6.32. The molecule has 0 unspecified atom stereocenters. The van der Waals surface area contributed by atoms with Crippen LogP contribution in [0.2, 0.25) is 0 Å². The van der Waals surface area contributed by atoms with E-state index in [9.17, 15) is 13.2 Å². The molecule has 0 N–H and O–H groups in total. The highest BCUT2D eigenvalue weighted by Crippen LogP contribution is 2.26. The summed E-state index contributed by atoms with van der Waals surface area (Å²) < 4.78 is 37.1. The molecule has 0 aromatic heterocycles. The van der Waals surface area contributed by atoms with Gasteiger partial charge in [0.15, 0.2) is 0 Å². The van der Waals surface area contributed by atoms with Gasteiger partial charge in [0.2, 0.25) is 5.92 Å². The van der Waals surface area contributed by atoms with Crippen molar-refractivity contribution in [3.63, 3.8) is 0 Å². The molecule has 0 saturated heterocycles. The van der Waals surface area contributed by atoms with Gasteiger partial charge in [0, 0.05) is 12.8 Å². The highest BCUT2D eigenvalue weighted by Gasteiger charge is 2.26. The van der Waals surface area contributed by atoms with Crippen LogP contribution in [0.4, 0.5) is 13.2 Å². The normalized spacial score (nSPS) is 12.0. The molecule has 0 aromatic rings. The lowest BCUT2D eigenvalue weighted by Crippen LogP contribution is -2.14. The van der Waals surface area contributed by atoms with Gasteiger partial charge in [-0.05, 0) is 12.8 Å². The smallest absolute Gasteiger partial charge is 0.248 e. The molecule has 0 amide bonds. The van der Waals surface area contributed by atoms with Gasteiger partial charge in [-0.15, -0.1) is 0 Å². The first-order valence-corrected chi connectivity index (χ1v) is 4.56. The number of hydrogen-bond acceptors (Lipinski definition) is 0. The van der Waals surface area contributed by atoms with E-state index in [1.54, 1.807) is 6.92 Å². The molecule has 0 spiro atoms. The summed E-state index contributed by atoms with van der Waals surface area (Å²) in [6.07, 6.45) is 1.83. The third kappa shape index (κ3) is 6.50. The van der Waals surface area contributed by atoms with E-state index in [4.69, 9.17) is 0 Å². The highest BCUT2D eigenvalue weighted by molar-refractivity contribution is 4.64. The number of alkyl halides is 3. The average Bonchev–Trinajstić information content (AvgIpc) is 1.98. The minimum absolute atomic E-state index is 0.0391. The fourth-order valence-electron chi connectivity index (χ4n) is 1.15. The Hall–Kier alpha value is -0.210. The molecule has 0 nitrogen and oxygen atoms in total. The van der Waals surface area contributed by atoms with Gasteiger partial charge in [-0.2, -0.15) is 0 Å². The van der Waals surface area contributed by atoms with Crippen LogP contribution in [-0.2, 0) is 0 Å². The number of unbranched alkanes of at least 4 members (excludes halogenated alkanes) is 2. The molecule has 0 rings (SSSR count). The Morgan fingerprint density at radius 3 is 2.17 bits per heavy atom. The maximum Gasteiger partial charge on any atom is 0.248 e. The Bertz CT molecular complexity index is 102. The summed E-state index contributed by atoms with van der Waals surface area (Å²) >= 11 is 0. The van der Waals surface area contributed by atoms with E-state index < -0.39 is 5.92 Å². The number of halogens is 3. The van der Waals surface area contributed by atoms with Crippen LogP contribution in [0.3, 0.4) is 0 Å². The van der Waals surface area contributed by atoms with Gasteiger partial charge in [0.1, 0.15) is 0 Å². The van der Waals surface area contributed by atoms with Crippen LogP contribution in [0.25, 0.3) is 0 Å². The Kier molecular flexibility index (Phi) is 6.21. The Balaban J connectivity index is 3.33. The summed E-state index contributed by atoms with van der Waals surface area (Å²) in [5.41, 5.74) is 0. The fraction of sp³-hybridized carbons (Fsp3) is 1.00. The van der Waals surface area contributed by atoms with E-state index in [-0.39, 0.29) is 19.5 Å². The topological polar surface area (TPSA) is 0 Å². The molecule has 12 heavy (non-hydrogen) atoms. The van der Waals surface area contributed by atoms with Crippen molar-refractivity contribution in [2.45, 2.75) is 51.4 Å². The van der Waals surface area contributed by atoms with Crippen molar-refractivity contribution in [3.8, 4) is 0 Å². The summed E-state index contributed by atoms with van der Waals surface area (Å²) in [5.74, 6) is -2.52. The molecule has 0 heterocycles. The van der Waals surface area contributed by atoms with Crippen LogP contribution in [0.1, 0.15) is 45.4 Å². The Morgan fingerprint density at radius 2 is 1.67 bits per heavy atom. The van der Waals surface area contributed by atoms with Gasteiger partial charge in [-0.3, -0.25) is 4.39 Å². The van der Waals surface area contributed by atoms with Crippen molar-refractivity contribution in [1.29, 1.82) is 0 Å². The molecule has 3 heteroatoms. The standard InChI is InChI=1S/C9H17F3/c1-2-6-9(11,12)7-4-3-5-8-10/h2-8H2,1H3. The van der Waals surface area contributed by atoms with E-state index >= 15 is 0 Å². The molecular formula is C9H17F3. The van der Waals surface area contributed by atoms with Crippen molar-refractivity contribution in [2.24, 2.45) is 0 Å². The quantitative estimate of drug-likeness (QED) is 0.523. The molecular weight excluding hydrogens is 165 g/mol. The van der Waals surface area contributed by atoms with Gasteiger partial charge in [0.25, 0.3) is 0 Å². The summed E-state index contributed by atoms with van der Waals surface area (Å²) in [7, 11) is 0. The summed E-state index contributed by atoms with van der Waals surface area (Å²) in [5, 5.41) is 0. The van der Waals surface area contributed by atoms with Gasteiger partial charge in [-0.1, -0.05) is 19.8 Å². The lowest BCUT2D eigenvalue weighted by atomic mass is 10.1. The molecule has 0 aliphatic rings. The van der Waals surface area contributed by atoms with Crippen LogP contribution in [0.5, 0.6) is 0 Å². The van der Waals surface area contributed by atoms with E-state index in [0.29, 0.717) is 25.7 Å². The second-order valence-corrected chi connectivity index (χ2v) is 3.11. The minimum Gasteiger partial charge on any atom is -0.251 e. The lowest BCUT2D eigenvalue weighted by molar-refractivity contribution is -0.0190. The molecule has 0 atom stereocenters. The van der Waals surface area contributed by atoms with Gasteiger partial charge in [-0.25, -0.2) is 8.78 Å². The number of rotatable bonds is 7. The van der Waals surface area contributed by atoms with Crippen LogP contribution < -0.4 is 0 Å². The first kappa shape index (κ1) is 11.8. The molecule has 0 bridgehead atoms. The van der Waals surface area contributed by atoms with E-state index in [0.717, 1.165) is 0 Å². The summed E-state index contributed by atoms with van der Waals surface area (Å²) in [6, 6.07) is 0. The van der Waals surface area contributed by atoms with Crippen molar-refractivity contribution < 1.29 is 13.2 Å². The maximum absolute atomic E-state index is 12.8.